The Balaban J connectivity index is 4.15. The Bertz CT molecular complexity index is 497. The van der Waals surface area contributed by atoms with Crippen LogP contribution in [0, 0.1) is 0 Å². The van der Waals surface area contributed by atoms with Crippen LogP contribution in [-0.4, -0.2) is 54.6 Å². The van der Waals surface area contributed by atoms with Gasteiger partial charge in [-0.2, -0.15) is 0 Å². The summed E-state index contributed by atoms with van der Waals surface area (Å²) in [7, 11) is 0. The van der Waals surface area contributed by atoms with E-state index >= 15 is 0 Å². The van der Waals surface area contributed by atoms with Gasteiger partial charge in [0.05, 0.1) is 6.61 Å². The lowest BCUT2D eigenvalue weighted by Gasteiger charge is -2.21. The molecule has 0 aromatic heterocycles. The van der Waals surface area contributed by atoms with Crippen molar-refractivity contribution >= 4 is 12.3 Å². The van der Waals surface area contributed by atoms with Crippen LogP contribution in [0.4, 0.5) is 0 Å². The highest BCUT2D eigenvalue weighted by molar-refractivity contribution is 5.69. The van der Waals surface area contributed by atoms with Crippen molar-refractivity contribution in [1.82, 2.24) is 4.90 Å². The van der Waals surface area contributed by atoms with Gasteiger partial charge in [-0.05, 0) is 64.5 Å². The van der Waals surface area contributed by atoms with Crippen LogP contribution in [0.3, 0.4) is 0 Å². The van der Waals surface area contributed by atoms with Gasteiger partial charge in [-0.25, -0.2) is 0 Å². The molecule has 0 amide bonds. The third kappa shape index (κ3) is 28.4. The van der Waals surface area contributed by atoms with E-state index < -0.39 is 0 Å². The molecule has 0 aliphatic rings. The number of carbonyl (C=O) groups is 2. The Labute approximate surface area is 243 Å². The lowest BCUT2D eigenvalue weighted by Crippen LogP contribution is -2.29. The van der Waals surface area contributed by atoms with Crippen LogP contribution in [0.5, 0.6) is 0 Å². The fourth-order valence-electron chi connectivity index (χ4n) is 5.34. The van der Waals surface area contributed by atoms with Gasteiger partial charge in [0, 0.05) is 19.4 Å². The molecule has 0 aliphatic heterocycles. The van der Waals surface area contributed by atoms with Crippen molar-refractivity contribution in [2.75, 3.05) is 26.2 Å². The number of aliphatic hydroxyl groups excluding tert-OH is 1. The number of carbonyl (C=O) groups excluding carboxylic acids is 2. The molecule has 0 aliphatic carbocycles. The number of aliphatic hydroxyl groups is 1. The second kappa shape index (κ2) is 31.6. The maximum atomic E-state index is 12.6. The molecule has 0 saturated carbocycles. The summed E-state index contributed by atoms with van der Waals surface area (Å²) >= 11 is 0. The zero-order valence-electron chi connectivity index (χ0n) is 26.3. The zero-order valence-corrected chi connectivity index (χ0v) is 26.3. The molecule has 0 rings (SSSR count). The fourth-order valence-corrected chi connectivity index (χ4v) is 5.34. The second-order valence-electron chi connectivity index (χ2n) is 11.7. The van der Waals surface area contributed by atoms with Crippen molar-refractivity contribution in [1.29, 1.82) is 0 Å². The quantitative estimate of drug-likeness (QED) is 0.0511. The van der Waals surface area contributed by atoms with Gasteiger partial charge < -0.3 is 19.5 Å². The average molecular weight is 554 g/mol. The van der Waals surface area contributed by atoms with Crippen molar-refractivity contribution in [2.24, 2.45) is 0 Å². The van der Waals surface area contributed by atoms with Gasteiger partial charge in [-0.15, -0.1) is 0 Å². The summed E-state index contributed by atoms with van der Waals surface area (Å²) < 4.78 is 5.98. The summed E-state index contributed by atoms with van der Waals surface area (Å²) in [5.74, 6) is -0.0150. The first kappa shape index (κ1) is 38.1. The minimum atomic E-state index is -0.0150. The minimum absolute atomic E-state index is 0.0150. The van der Waals surface area contributed by atoms with Crippen molar-refractivity contribution in [3.8, 4) is 0 Å². The molecule has 0 atom stereocenters. The molecule has 0 aromatic carbocycles. The Morgan fingerprint density at radius 2 is 1.10 bits per heavy atom. The van der Waals surface area contributed by atoms with Crippen molar-refractivity contribution in [3.05, 3.63) is 0 Å². The fraction of sp³-hybridized carbons (Fsp3) is 0.941. The van der Waals surface area contributed by atoms with Gasteiger partial charge in [-0.3, -0.25) is 4.79 Å². The van der Waals surface area contributed by atoms with Gasteiger partial charge in [0.2, 0.25) is 0 Å². The molecule has 5 nitrogen and oxygen atoms in total. The molecule has 0 radical (unpaired) electrons. The molecule has 0 unspecified atom stereocenters. The van der Waals surface area contributed by atoms with Crippen molar-refractivity contribution in [2.45, 2.75) is 180 Å². The normalized spacial score (nSPS) is 11.5. The smallest absolute Gasteiger partial charge is 0.306 e. The molecule has 0 bridgehead atoms. The van der Waals surface area contributed by atoms with Gasteiger partial charge in [-0.1, -0.05) is 110 Å². The predicted molar refractivity (Wildman–Crippen MR) is 166 cm³/mol. The van der Waals surface area contributed by atoms with E-state index in [1.54, 1.807) is 0 Å². The van der Waals surface area contributed by atoms with E-state index in [0.717, 1.165) is 64.3 Å². The number of ether oxygens (including phenoxy) is 1. The number of esters is 1. The second-order valence-corrected chi connectivity index (χ2v) is 11.7. The summed E-state index contributed by atoms with van der Waals surface area (Å²) in [5, 5.41) is 9.45. The standard InChI is InChI=1S/C34H67NO4/c1-3-5-7-9-15-19-25-33(26-20-16-10-8-6-4-2)39-34(38)27-21-23-29-35(30-32-37)28-22-17-13-11-12-14-18-24-31-36/h31,33,37H,3-30,32H2,1-2H3. The third-order valence-corrected chi connectivity index (χ3v) is 7.88. The first-order valence-electron chi connectivity index (χ1n) is 17.1. The lowest BCUT2D eigenvalue weighted by atomic mass is 10.0. The molecule has 0 saturated heterocycles. The Hall–Kier alpha value is -0.940. The van der Waals surface area contributed by atoms with Crippen LogP contribution in [-0.2, 0) is 14.3 Å². The molecule has 0 spiro atoms. The maximum Gasteiger partial charge on any atom is 0.306 e. The van der Waals surface area contributed by atoms with Gasteiger partial charge in [0.15, 0.2) is 0 Å². The molecule has 0 aromatic rings. The average Bonchev–Trinajstić information content (AvgIpc) is 2.93. The van der Waals surface area contributed by atoms with E-state index in [-0.39, 0.29) is 18.7 Å². The zero-order chi connectivity index (χ0) is 28.7. The molecule has 0 heterocycles. The van der Waals surface area contributed by atoms with Crippen LogP contribution in [0.15, 0.2) is 0 Å². The molecular weight excluding hydrogens is 486 g/mol. The van der Waals surface area contributed by atoms with E-state index in [9.17, 15) is 14.7 Å². The van der Waals surface area contributed by atoms with E-state index in [1.807, 2.05) is 0 Å². The van der Waals surface area contributed by atoms with Gasteiger partial charge >= 0.3 is 5.97 Å². The molecular formula is C34H67NO4. The predicted octanol–water partition coefficient (Wildman–Crippen LogP) is 9.18. The molecule has 0 fully saturated rings. The monoisotopic (exact) mass is 554 g/mol. The van der Waals surface area contributed by atoms with E-state index in [4.69, 9.17) is 4.74 Å². The number of nitrogens with zero attached hydrogens (tertiary/aromatic N) is 1. The number of hydrogen-bond acceptors (Lipinski definition) is 5. The summed E-state index contributed by atoms with van der Waals surface area (Å²) in [6.07, 6.45) is 29.9. The van der Waals surface area contributed by atoms with Gasteiger partial charge in [0.1, 0.15) is 12.4 Å². The molecule has 232 valence electrons. The maximum absolute atomic E-state index is 12.6. The SMILES string of the molecule is CCCCCCCCC(CCCCCCCC)OC(=O)CCCCN(CCO)CCCCCCCCCC=O. The third-order valence-electron chi connectivity index (χ3n) is 7.88. The summed E-state index contributed by atoms with van der Waals surface area (Å²) in [4.78, 5) is 25.3. The first-order valence-corrected chi connectivity index (χ1v) is 17.1. The van der Waals surface area contributed by atoms with Gasteiger partial charge in [0.25, 0.3) is 0 Å². The first-order chi connectivity index (χ1) is 19.2. The minimum Gasteiger partial charge on any atom is -0.462 e. The molecule has 39 heavy (non-hydrogen) atoms. The van der Waals surface area contributed by atoms with E-state index in [2.05, 4.69) is 18.7 Å². The number of unbranched alkanes of at least 4 members (excludes halogenated alkanes) is 18. The highest BCUT2D eigenvalue weighted by Gasteiger charge is 2.14. The van der Waals surface area contributed by atoms with Crippen LogP contribution in [0.2, 0.25) is 0 Å². The Morgan fingerprint density at radius 1 is 0.641 bits per heavy atom. The largest absolute Gasteiger partial charge is 0.462 e. The summed E-state index contributed by atoms with van der Waals surface area (Å²) in [6.45, 7) is 7.38. The highest BCUT2D eigenvalue weighted by atomic mass is 16.5. The lowest BCUT2D eigenvalue weighted by molar-refractivity contribution is -0.150. The van der Waals surface area contributed by atoms with E-state index in [1.165, 1.54) is 103 Å². The van der Waals surface area contributed by atoms with Crippen molar-refractivity contribution in [3.63, 3.8) is 0 Å². The Kier molecular flexibility index (Phi) is 30.8. The van der Waals surface area contributed by atoms with E-state index in [0.29, 0.717) is 19.4 Å². The number of hydrogen-bond donors (Lipinski definition) is 1. The van der Waals surface area contributed by atoms with Crippen LogP contribution in [0.1, 0.15) is 174 Å². The Morgan fingerprint density at radius 3 is 1.62 bits per heavy atom. The summed E-state index contributed by atoms with van der Waals surface area (Å²) in [6, 6.07) is 0. The molecule has 5 heteroatoms. The highest BCUT2D eigenvalue weighted by Crippen LogP contribution is 2.18. The number of rotatable bonds is 32. The van der Waals surface area contributed by atoms with Crippen LogP contribution >= 0.6 is 0 Å². The summed E-state index contributed by atoms with van der Waals surface area (Å²) in [5.41, 5.74) is 0. The van der Waals surface area contributed by atoms with Crippen LogP contribution < -0.4 is 0 Å². The van der Waals surface area contributed by atoms with Crippen molar-refractivity contribution < 1.29 is 19.4 Å². The molecule has 1 N–H and O–H groups in total. The number of aldehydes is 1. The van der Waals surface area contributed by atoms with Crippen LogP contribution in [0.25, 0.3) is 0 Å². The topological polar surface area (TPSA) is 66.8 Å².